The molecular formula is C15H29NO2. The van der Waals surface area contributed by atoms with Gasteiger partial charge in [-0.05, 0) is 39.5 Å². The first-order valence-electron chi connectivity index (χ1n) is 7.60. The summed E-state index contributed by atoms with van der Waals surface area (Å²) in [5, 5.41) is 14.0. The van der Waals surface area contributed by atoms with Crippen LogP contribution >= 0.6 is 0 Å². The monoisotopic (exact) mass is 255 g/mol. The number of aliphatic hydroxyl groups is 1. The van der Waals surface area contributed by atoms with Gasteiger partial charge in [-0.3, -0.25) is 0 Å². The van der Waals surface area contributed by atoms with Crippen LogP contribution in [0.1, 0.15) is 65.2 Å². The van der Waals surface area contributed by atoms with Gasteiger partial charge in [0, 0.05) is 13.1 Å². The first kappa shape index (κ1) is 14.3. The Bertz CT molecular complexity index is 257. The predicted molar refractivity (Wildman–Crippen MR) is 73.7 cm³/mol. The summed E-state index contributed by atoms with van der Waals surface area (Å²) in [6.45, 7) is 5.93. The van der Waals surface area contributed by atoms with Gasteiger partial charge in [-0.25, -0.2) is 0 Å². The van der Waals surface area contributed by atoms with Gasteiger partial charge in [0.25, 0.3) is 0 Å². The van der Waals surface area contributed by atoms with Crippen LogP contribution in [-0.4, -0.2) is 35.5 Å². The molecule has 2 N–H and O–H groups in total. The molecule has 0 spiro atoms. The number of ether oxygens (including phenoxy) is 1. The van der Waals surface area contributed by atoms with Crippen molar-refractivity contribution in [3.8, 4) is 0 Å². The molecule has 0 aromatic heterocycles. The van der Waals surface area contributed by atoms with E-state index in [-0.39, 0.29) is 5.60 Å². The molecule has 2 aliphatic rings. The van der Waals surface area contributed by atoms with Crippen molar-refractivity contribution in [3.63, 3.8) is 0 Å². The second-order valence-corrected chi connectivity index (χ2v) is 6.81. The summed E-state index contributed by atoms with van der Waals surface area (Å²) < 4.78 is 5.95. The molecule has 1 aliphatic carbocycles. The lowest BCUT2D eigenvalue weighted by Gasteiger charge is -2.28. The molecule has 1 aliphatic heterocycles. The van der Waals surface area contributed by atoms with Gasteiger partial charge in [0.15, 0.2) is 0 Å². The van der Waals surface area contributed by atoms with Crippen molar-refractivity contribution in [2.75, 3.05) is 13.1 Å². The average molecular weight is 255 g/mol. The Labute approximate surface area is 111 Å². The molecule has 3 nitrogen and oxygen atoms in total. The van der Waals surface area contributed by atoms with Gasteiger partial charge >= 0.3 is 0 Å². The van der Waals surface area contributed by atoms with Crippen LogP contribution in [0.4, 0.5) is 0 Å². The highest BCUT2D eigenvalue weighted by Gasteiger charge is 2.32. The highest BCUT2D eigenvalue weighted by molar-refractivity contribution is 4.86. The van der Waals surface area contributed by atoms with E-state index in [1.807, 2.05) is 0 Å². The van der Waals surface area contributed by atoms with E-state index in [1.54, 1.807) is 0 Å². The van der Waals surface area contributed by atoms with Crippen LogP contribution < -0.4 is 5.32 Å². The fourth-order valence-corrected chi connectivity index (χ4v) is 3.25. The summed E-state index contributed by atoms with van der Waals surface area (Å²) in [4.78, 5) is 0. The van der Waals surface area contributed by atoms with Crippen molar-refractivity contribution in [2.24, 2.45) is 0 Å². The van der Waals surface area contributed by atoms with Crippen LogP contribution in [0.25, 0.3) is 0 Å². The van der Waals surface area contributed by atoms with Crippen LogP contribution in [0.5, 0.6) is 0 Å². The zero-order valence-corrected chi connectivity index (χ0v) is 12.0. The third kappa shape index (κ3) is 4.22. The van der Waals surface area contributed by atoms with Crippen molar-refractivity contribution in [1.82, 2.24) is 5.32 Å². The maximum atomic E-state index is 10.5. The lowest BCUT2D eigenvalue weighted by molar-refractivity contribution is -0.0196. The minimum Gasteiger partial charge on any atom is -0.389 e. The van der Waals surface area contributed by atoms with Crippen LogP contribution in [0.3, 0.4) is 0 Å². The predicted octanol–water partition coefficient (Wildman–Crippen LogP) is 2.62. The van der Waals surface area contributed by atoms with E-state index in [2.05, 4.69) is 19.2 Å². The molecule has 106 valence electrons. The molecule has 0 aromatic carbocycles. The van der Waals surface area contributed by atoms with Crippen LogP contribution in [0, 0.1) is 0 Å². The molecule has 3 heteroatoms. The van der Waals surface area contributed by atoms with E-state index >= 15 is 0 Å². The van der Waals surface area contributed by atoms with E-state index < -0.39 is 5.60 Å². The van der Waals surface area contributed by atoms with E-state index in [0.717, 1.165) is 38.8 Å². The molecule has 1 saturated carbocycles. The van der Waals surface area contributed by atoms with Gasteiger partial charge in [0.1, 0.15) is 0 Å². The number of rotatable bonds is 4. The average Bonchev–Trinajstić information content (AvgIpc) is 2.50. The Morgan fingerprint density at radius 1 is 1.11 bits per heavy atom. The summed E-state index contributed by atoms with van der Waals surface area (Å²) in [6, 6.07) is 0. The Kier molecular flexibility index (Phi) is 4.68. The van der Waals surface area contributed by atoms with E-state index in [9.17, 15) is 5.11 Å². The van der Waals surface area contributed by atoms with Gasteiger partial charge in [-0.15, -0.1) is 0 Å². The zero-order valence-electron chi connectivity index (χ0n) is 12.0. The smallest absolute Gasteiger partial charge is 0.0771 e. The second-order valence-electron chi connectivity index (χ2n) is 6.81. The molecule has 1 heterocycles. The third-order valence-electron chi connectivity index (χ3n) is 4.41. The number of nitrogens with one attached hydrogen (secondary N) is 1. The van der Waals surface area contributed by atoms with E-state index in [0.29, 0.717) is 6.10 Å². The standard InChI is InChI=1S/C15H29NO2/c1-14(2)10-7-13(18-14)11-16-12-15(17)8-5-3-4-6-9-15/h13,16-17H,3-12H2,1-2H3. The lowest BCUT2D eigenvalue weighted by atomic mass is 9.94. The van der Waals surface area contributed by atoms with Gasteiger partial charge in [-0.2, -0.15) is 0 Å². The fourth-order valence-electron chi connectivity index (χ4n) is 3.25. The SMILES string of the molecule is CC1(C)CCC(CNCC2(O)CCCCCC2)O1. The highest BCUT2D eigenvalue weighted by Crippen LogP contribution is 2.29. The molecule has 0 amide bonds. The van der Waals surface area contributed by atoms with Crippen molar-refractivity contribution < 1.29 is 9.84 Å². The molecule has 0 bridgehead atoms. The summed E-state index contributed by atoms with van der Waals surface area (Å²) >= 11 is 0. The number of hydrogen-bond donors (Lipinski definition) is 2. The quantitative estimate of drug-likeness (QED) is 0.759. The van der Waals surface area contributed by atoms with Crippen LogP contribution in [0.15, 0.2) is 0 Å². The molecule has 2 rings (SSSR count). The van der Waals surface area contributed by atoms with Crippen LogP contribution in [-0.2, 0) is 4.74 Å². The van der Waals surface area contributed by atoms with Crippen molar-refractivity contribution in [2.45, 2.75) is 82.5 Å². The zero-order chi connectivity index (χ0) is 13.1. The van der Waals surface area contributed by atoms with Crippen molar-refractivity contribution >= 4 is 0 Å². The van der Waals surface area contributed by atoms with E-state index in [4.69, 9.17) is 4.74 Å². The molecule has 1 atom stereocenters. The topological polar surface area (TPSA) is 41.5 Å². The van der Waals surface area contributed by atoms with Crippen molar-refractivity contribution in [1.29, 1.82) is 0 Å². The molecule has 18 heavy (non-hydrogen) atoms. The molecule has 0 aromatic rings. The molecule has 2 fully saturated rings. The fraction of sp³-hybridized carbons (Fsp3) is 1.00. The molecular weight excluding hydrogens is 226 g/mol. The summed E-state index contributed by atoms with van der Waals surface area (Å²) in [6.07, 6.45) is 9.42. The first-order chi connectivity index (χ1) is 8.49. The maximum Gasteiger partial charge on any atom is 0.0771 e. The summed E-state index contributed by atoms with van der Waals surface area (Å²) in [5.41, 5.74) is -0.420. The van der Waals surface area contributed by atoms with Crippen molar-refractivity contribution in [3.05, 3.63) is 0 Å². The minimum absolute atomic E-state index is 0.0472. The Morgan fingerprint density at radius 3 is 2.33 bits per heavy atom. The summed E-state index contributed by atoms with van der Waals surface area (Å²) in [5.74, 6) is 0. The van der Waals surface area contributed by atoms with E-state index in [1.165, 1.54) is 25.7 Å². The first-order valence-corrected chi connectivity index (χ1v) is 7.60. The van der Waals surface area contributed by atoms with Gasteiger partial charge in [0.05, 0.1) is 17.3 Å². The number of hydrogen-bond acceptors (Lipinski definition) is 3. The maximum absolute atomic E-state index is 10.5. The van der Waals surface area contributed by atoms with Gasteiger partial charge in [0.2, 0.25) is 0 Å². The lowest BCUT2D eigenvalue weighted by Crippen LogP contribution is -2.42. The molecule has 1 saturated heterocycles. The summed E-state index contributed by atoms with van der Waals surface area (Å²) in [7, 11) is 0. The molecule has 1 unspecified atom stereocenters. The minimum atomic E-state index is -0.468. The highest BCUT2D eigenvalue weighted by atomic mass is 16.5. The Hall–Kier alpha value is -0.120. The third-order valence-corrected chi connectivity index (χ3v) is 4.41. The van der Waals surface area contributed by atoms with Crippen LogP contribution in [0.2, 0.25) is 0 Å². The Morgan fingerprint density at radius 2 is 1.78 bits per heavy atom. The van der Waals surface area contributed by atoms with Gasteiger partial charge < -0.3 is 15.2 Å². The largest absolute Gasteiger partial charge is 0.389 e. The van der Waals surface area contributed by atoms with Gasteiger partial charge in [-0.1, -0.05) is 25.7 Å². The Balaban J connectivity index is 1.68. The second kappa shape index (κ2) is 5.89. The molecule has 0 radical (unpaired) electrons. The normalized spacial score (nSPS) is 31.2.